The van der Waals surface area contributed by atoms with Gasteiger partial charge in [-0.05, 0) is 136 Å². The number of aryl methyl sites for hydroxylation is 2. The van der Waals surface area contributed by atoms with Gasteiger partial charge in [0.1, 0.15) is 11.2 Å². The fourth-order valence-electron chi connectivity index (χ4n) is 11.8. The first-order valence-electron chi connectivity index (χ1n) is 21.2. The Hall–Kier alpha value is -5.16. The molecular weight excluding hydrogens is 695 g/mol. The standard InChI is InChI=1S/C52H51BN2O2/c1-28-22-33-30-15-13-16-32-43-31-14-11-12-17-41(31)56-47(43)55(46(30)32)53-44(33)40(23-28)54(39-26-37-35(24-29(39)2)49(3,4)18-20-51(37,7)8)48-45(53)34-25-36-38(27-42(34)57-48)52(9,10)21-19-50(36,5)6/h11-17,22-27H,18-21H2,1-10H3. The van der Waals surface area contributed by atoms with Gasteiger partial charge in [-0.1, -0.05) is 104 Å². The number of hydrogen-bond acceptors (Lipinski definition) is 3. The average Bonchev–Trinajstić information content (AvgIpc) is 3.83. The third kappa shape index (κ3) is 4.21. The third-order valence-corrected chi connectivity index (χ3v) is 15.3. The van der Waals surface area contributed by atoms with Crippen LogP contribution in [-0.2, 0) is 21.7 Å². The van der Waals surface area contributed by atoms with E-state index in [4.69, 9.17) is 8.83 Å². The molecule has 5 heterocycles. The Labute approximate surface area is 335 Å². The molecule has 4 aliphatic rings. The van der Waals surface area contributed by atoms with Crippen LogP contribution in [-0.4, -0.2) is 11.3 Å². The number of fused-ring (bicyclic) bond motifs is 13. The smallest absolute Gasteiger partial charge is 0.340 e. The maximum atomic E-state index is 7.48. The largest absolute Gasteiger partial charge is 0.441 e. The first kappa shape index (κ1) is 33.9. The molecule has 5 aromatic carbocycles. The summed E-state index contributed by atoms with van der Waals surface area (Å²) in [6.45, 7) is 23.9. The summed E-state index contributed by atoms with van der Waals surface area (Å²) in [5, 5.41) is 4.82. The van der Waals surface area contributed by atoms with Gasteiger partial charge in [0.05, 0.1) is 11.1 Å². The van der Waals surface area contributed by atoms with Crippen molar-refractivity contribution >= 4 is 79.0 Å². The molecule has 0 atom stereocenters. The van der Waals surface area contributed by atoms with E-state index in [9.17, 15) is 0 Å². The summed E-state index contributed by atoms with van der Waals surface area (Å²) in [6, 6.07) is 30.3. The molecular formula is C52H51BN2O2. The second-order valence-corrected chi connectivity index (χ2v) is 20.8. The lowest BCUT2D eigenvalue weighted by molar-refractivity contribution is 0.332. The Morgan fingerprint density at radius 2 is 1.18 bits per heavy atom. The average molecular weight is 747 g/mol. The molecule has 0 bridgehead atoms. The van der Waals surface area contributed by atoms with Crippen LogP contribution in [0.5, 0.6) is 0 Å². The van der Waals surface area contributed by atoms with Crippen LogP contribution in [0, 0.1) is 13.8 Å². The van der Waals surface area contributed by atoms with E-state index >= 15 is 0 Å². The van der Waals surface area contributed by atoms with E-state index in [2.05, 4.69) is 157 Å². The second kappa shape index (κ2) is 10.5. The highest BCUT2D eigenvalue weighted by Gasteiger charge is 2.49. The van der Waals surface area contributed by atoms with Crippen molar-refractivity contribution in [2.75, 3.05) is 4.90 Å². The monoisotopic (exact) mass is 746 g/mol. The van der Waals surface area contributed by atoms with Gasteiger partial charge in [-0.3, -0.25) is 4.90 Å². The maximum Gasteiger partial charge on any atom is 0.340 e. The topological polar surface area (TPSA) is 34.5 Å². The van der Waals surface area contributed by atoms with Crippen LogP contribution in [0.25, 0.3) is 55.1 Å². The van der Waals surface area contributed by atoms with Crippen LogP contribution in [0.15, 0.2) is 87.7 Å². The van der Waals surface area contributed by atoms with Crippen molar-refractivity contribution in [2.45, 2.75) is 117 Å². The molecule has 0 radical (unpaired) electrons. The SMILES string of the molecule is Cc1cc2c3c(c1)N(c1cc4c(cc1C)C(C)(C)CCC4(C)C)c1oc4cc5c(cc4c1B3n1c3oc4ccccc4c3c3cccc-2c31)C(C)(C)CCC5(C)C. The molecule has 8 aromatic rings. The zero-order valence-corrected chi connectivity index (χ0v) is 35.1. The fraction of sp³-hybridized carbons (Fsp3) is 0.346. The van der Waals surface area contributed by atoms with Crippen molar-refractivity contribution in [1.29, 1.82) is 0 Å². The van der Waals surface area contributed by atoms with Gasteiger partial charge in [0.25, 0.3) is 0 Å². The fourth-order valence-corrected chi connectivity index (χ4v) is 11.8. The van der Waals surface area contributed by atoms with Crippen LogP contribution in [0.2, 0.25) is 0 Å². The van der Waals surface area contributed by atoms with Crippen molar-refractivity contribution in [3.8, 4) is 11.1 Å². The Morgan fingerprint density at radius 3 is 1.89 bits per heavy atom. The lowest BCUT2D eigenvalue weighted by Crippen LogP contribution is -2.56. The number of aromatic nitrogens is 1. The van der Waals surface area contributed by atoms with E-state index in [1.54, 1.807) is 0 Å². The number of anilines is 3. The molecule has 0 unspecified atom stereocenters. The van der Waals surface area contributed by atoms with Crippen molar-refractivity contribution in [3.05, 3.63) is 112 Å². The Morgan fingerprint density at radius 1 is 0.544 bits per heavy atom. The summed E-state index contributed by atoms with van der Waals surface area (Å²) in [5.41, 5.74) is 20.2. The molecule has 0 N–H and O–H groups in total. The lowest BCUT2D eigenvalue weighted by atomic mass is 9.45. The van der Waals surface area contributed by atoms with Crippen LogP contribution in [0.4, 0.5) is 17.3 Å². The van der Waals surface area contributed by atoms with Crippen molar-refractivity contribution in [2.24, 2.45) is 0 Å². The van der Waals surface area contributed by atoms with E-state index < -0.39 is 0 Å². The molecule has 2 aliphatic heterocycles. The number of para-hydroxylation sites is 2. The van der Waals surface area contributed by atoms with Gasteiger partial charge in [-0.2, -0.15) is 0 Å². The van der Waals surface area contributed by atoms with Crippen LogP contribution >= 0.6 is 0 Å². The zero-order valence-electron chi connectivity index (χ0n) is 35.1. The molecule has 57 heavy (non-hydrogen) atoms. The molecule has 0 spiro atoms. The van der Waals surface area contributed by atoms with Gasteiger partial charge in [-0.15, -0.1) is 0 Å². The number of nitrogens with zero attached hydrogens (tertiary/aromatic N) is 2. The molecule has 0 saturated heterocycles. The maximum absolute atomic E-state index is 7.48. The van der Waals surface area contributed by atoms with Crippen molar-refractivity contribution in [3.63, 3.8) is 0 Å². The van der Waals surface area contributed by atoms with Crippen LogP contribution < -0.4 is 15.8 Å². The van der Waals surface area contributed by atoms with Crippen LogP contribution in [0.1, 0.15) is 114 Å². The molecule has 12 rings (SSSR count). The van der Waals surface area contributed by atoms with Gasteiger partial charge < -0.3 is 13.3 Å². The van der Waals surface area contributed by atoms with Crippen molar-refractivity contribution < 1.29 is 8.83 Å². The summed E-state index contributed by atoms with van der Waals surface area (Å²) < 4.78 is 17.0. The Bertz CT molecular complexity index is 3130. The highest BCUT2D eigenvalue weighted by Crippen LogP contribution is 2.54. The number of furan rings is 2. The van der Waals surface area contributed by atoms with Gasteiger partial charge in [0.2, 0.25) is 5.88 Å². The number of benzene rings is 5. The van der Waals surface area contributed by atoms with E-state index in [-0.39, 0.29) is 28.5 Å². The summed E-state index contributed by atoms with van der Waals surface area (Å²) >= 11 is 0. The van der Waals surface area contributed by atoms with E-state index in [1.807, 2.05) is 0 Å². The zero-order chi connectivity index (χ0) is 39.3. The summed E-state index contributed by atoms with van der Waals surface area (Å²) in [7, 11) is 0. The number of rotatable bonds is 1. The van der Waals surface area contributed by atoms with Crippen LogP contribution in [0.3, 0.4) is 0 Å². The summed E-state index contributed by atoms with van der Waals surface area (Å²) in [5.74, 6) is 0.929. The molecule has 4 nitrogen and oxygen atoms in total. The van der Waals surface area contributed by atoms with Gasteiger partial charge in [-0.25, -0.2) is 0 Å². The van der Waals surface area contributed by atoms with Crippen molar-refractivity contribution in [1.82, 2.24) is 4.48 Å². The highest BCUT2D eigenvalue weighted by atomic mass is 16.4. The number of hydrogen-bond donors (Lipinski definition) is 0. The Balaban J connectivity index is 1.26. The molecule has 284 valence electrons. The van der Waals surface area contributed by atoms with Gasteiger partial charge >= 0.3 is 6.85 Å². The molecule has 0 amide bonds. The molecule has 0 fully saturated rings. The lowest BCUT2D eigenvalue weighted by Gasteiger charge is -2.44. The molecule has 2 aliphatic carbocycles. The van der Waals surface area contributed by atoms with Gasteiger partial charge in [0, 0.05) is 38.4 Å². The third-order valence-electron chi connectivity index (χ3n) is 15.3. The van der Waals surface area contributed by atoms with Gasteiger partial charge in [0.15, 0.2) is 5.71 Å². The summed E-state index contributed by atoms with van der Waals surface area (Å²) in [4.78, 5) is 2.52. The van der Waals surface area contributed by atoms with E-state index in [1.165, 1.54) is 107 Å². The first-order chi connectivity index (χ1) is 27.1. The minimum atomic E-state index is -0.148. The van der Waals surface area contributed by atoms with E-state index in [0.717, 1.165) is 35.6 Å². The molecule has 3 aromatic heterocycles. The predicted molar refractivity (Wildman–Crippen MR) is 240 cm³/mol. The predicted octanol–water partition coefficient (Wildman–Crippen LogP) is 13.0. The first-order valence-corrected chi connectivity index (χ1v) is 21.2. The van der Waals surface area contributed by atoms with E-state index in [0.29, 0.717) is 0 Å². The minimum Gasteiger partial charge on any atom is -0.441 e. The second-order valence-electron chi connectivity index (χ2n) is 20.8. The highest BCUT2D eigenvalue weighted by molar-refractivity contribution is 6.91. The Kier molecular flexibility index (Phi) is 6.23. The molecule has 0 saturated carbocycles. The summed E-state index contributed by atoms with van der Waals surface area (Å²) in [6.07, 6.45) is 4.67. The quantitative estimate of drug-likeness (QED) is 0.157. The normalized spacial score (nSPS) is 19.3. The minimum absolute atomic E-state index is 0.0527. The molecule has 5 heteroatoms.